The molecule has 8 heteroatoms. The van der Waals surface area contributed by atoms with Crippen LogP contribution in [0.1, 0.15) is 30.1 Å². The molecular formula is C21H27FN6O. The van der Waals surface area contributed by atoms with Gasteiger partial charge in [0.2, 0.25) is 11.9 Å². The van der Waals surface area contributed by atoms with E-state index in [0.717, 1.165) is 43.4 Å². The molecule has 7 nitrogen and oxygen atoms in total. The quantitative estimate of drug-likeness (QED) is 0.795. The molecule has 0 unspecified atom stereocenters. The van der Waals surface area contributed by atoms with Gasteiger partial charge in [0, 0.05) is 51.4 Å². The van der Waals surface area contributed by atoms with Gasteiger partial charge in [0.25, 0.3) is 0 Å². The Kier molecular flexibility index (Phi) is 6.01. The van der Waals surface area contributed by atoms with Crippen molar-refractivity contribution in [1.82, 2.24) is 25.5 Å². The molecule has 2 aliphatic heterocycles. The van der Waals surface area contributed by atoms with Crippen molar-refractivity contribution in [3.8, 4) is 0 Å². The Bertz CT molecular complexity index is 855. The van der Waals surface area contributed by atoms with Crippen LogP contribution in [-0.4, -0.2) is 60.0 Å². The van der Waals surface area contributed by atoms with Crippen molar-refractivity contribution in [1.29, 1.82) is 0 Å². The number of amides is 1. The summed E-state index contributed by atoms with van der Waals surface area (Å²) in [7, 11) is 2.12. The summed E-state index contributed by atoms with van der Waals surface area (Å²) in [6.45, 7) is 4.41. The van der Waals surface area contributed by atoms with Gasteiger partial charge < -0.3 is 20.4 Å². The summed E-state index contributed by atoms with van der Waals surface area (Å²) < 4.78 is 13.7. The van der Waals surface area contributed by atoms with Gasteiger partial charge >= 0.3 is 0 Å². The fraction of sp³-hybridized carbons (Fsp3) is 0.476. The van der Waals surface area contributed by atoms with Gasteiger partial charge in [0.05, 0.1) is 11.7 Å². The number of aromatic nitrogens is 2. The Morgan fingerprint density at radius 1 is 1.24 bits per heavy atom. The first-order chi connectivity index (χ1) is 14.1. The number of nitrogens with zero attached hydrogens (tertiary/aromatic N) is 4. The Hall–Kier alpha value is -2.58. The van der Waals surface area contributed by atoms with E-state index in [0.29, 0.717) is 19.4 Å². The molecule has 1 aromatic heterocycles. The van der Waals surface area contributed by atoms with Gasteiger partial charge in [-0.2, -0.15) is 0 Å². The number of carbonyl (C=O) groups is 1. The minimum Gasteiger partial charge on any atom is -0.348 e. The van der Waals surface area contributed by atoms with Gasteiger partial charge in [-0.05, 0) is 37.2 Å². The third-order valence-corrected chi connectivity index (χ3v) is 5.64. The maximum atomic E-state index is 13.7. The van der Waals surface area contributed by atoms with Gasteiger partial charge in [-0.3, -0.25) is 4.79 Å². The minimum atomic E-state index is -0.298. The molecule has 29 heavy (non-hydrogen) atoms. The first-order valence-electron chi connectivity index (χ1n) is 10.1. The molecule has 1 aromatic carbocycles. The van der Waals surface area contributed by atoms with E-state index in [1.807, 2.05) is 12.1 Å². The molecule has 0 spiro atoms. The SMILES string of the molecule is CN1CCN(c2nccc(CN[C@@H]3CCC(=O)N[C@H]3c3cccc(F)c3)n2)CC1. The van der Waals surface area contributed by atoms with E-state index < -0.39 is 0 Å². The largest absolute Gasteiger partial charge is 0.348 e. The number of piperidine rings is 1. The van der Waals surface area contributed by atoms with Crippen LogP contribution in [0.3, 0.4) is 0 Å². The molecule has 154 valence electrons. The first kappa shape index (κ1) is 19.7. The molecule has 1 amide bonds. The number of hydrogen-bond donors (Lipinski definition) is 2. The second-order valence-electron chi connectivity index (χ2n) is 7.76. The summed E-state index contributed by atoms with van der Waals surface area (Å²) in [5, 5.41) is 6.51. The molecular weight excluding hydrogens is 371 g/mol. The average Bonchev–Trinajstić information content (AvgIpc) is 2.73. The Labute approximate surface area is 170 Å². The normalized spacial score (nSPS) is 23.1. The molecule has 0 saturated carbocycles. The number of benzene rings is 1. The lowest BCUT2D eigenvalue weighted by atomic mass is 9.92. The van der Waals surface area contributed by atoms with E-state index in [1.165, 1.54) is 12.1 Å². The number of hydrogen-bond acceptors (Lipinski definition) is 6. The highest BCUT2D eigenvalue weighted by atomic mass is 19.1. The van der Waals surface area contributed by atoms with Gasteiger partial charge in [-0.25, -0.2) is 14.4 Å². The maximum Gasteiger partial charge on any atom is 0.225 e. The van der Waals surface area contributed by atoms with E-state index >= 15 is 0 Å². The summed E-state index contributed by atoms with van der Waals surface area (Å²) in [4.78, 5) is 25.6. The molecule has 2 atom stereocenters. The number of piperazine rings is 1. The smallest absolute Gasteiger partial charge is 0.225 e. The maximum absolute atomic E-state index is 13.7. The van der Waals surface area contributed by atoms with E-state index in [-0.39, 0.29) is 23.8 Å². The average molecular weight is 398 g/mol. The van der Waals surface area contributed by atoms with Gasteiger partial charge in [0.1, 0.15) is 5.82 Å². The van der Waals surface area contributed by atoms with E-state index in [2.05, 4.69) is 32.5 Å². The predicted molar refractivity (Wildman–Crippen MR) is 109 cm³/mol. The zero-order valence-electron chi connectivity index (χ0n) is 16.6. The van der Waals surface area contributed by atoms with E-state index in [4.69, 9.17) is 4.98 Å². The van der Waals surface area contributed by atoms with Crippen LogP contribution in [0, 0.1) is 5.82 Å². The Morgan fingerprint density at radius 2 is 2.07 bits per heavy atom. The van der Waals surface area contributed by atoms with Crippen molar-refractivity contribution in [3.05, 3.63) is 53.6 Å². The summed E-state index contributed by atoms with van der Waals surface area (Å²) in [5.41, 5.74) is 1.68. The van der Waals surface area contributed by atoms with Crippen LogP contribution in [0.15, 0.2) is 36.5 Å². The standard InChI is InChI=1S/C21H27FN6O/c1-27-9-11-28(12-10-27)21-23-8-7-17(25-21)14-24-18-5-6-19(29)26-20(18)15-3-2-4-16(22)13-15/h2-4,7-8,13,18,20,24H,5-6,9-12,14H2,1H3,(H,26,29)/t18-,20+/m1/s1. The van der Waals surface area contributed by atoms with Crippen LogP contribution < -0.4 is 15.5 Å². The number of rotatable bonds is 5. The van der Waals surface area contributed by atoms with Crippen LogP contribution in [0.2, 0.25) is 0 Å². The zero-order valence-corrected chi connectivity index (χ0v) is 16.6. The van der Waals surface area contributed by atoms with Crippen LogP contribution in [-0.2, 0) is 11.3 Å². The number of halogens is 1. The minimum absolute atomic E-state index is 0.00306. The molecule has 0 aliphatic carbocycles. The lowest BCUT2D eigenvalue weighted by Gasteiger charge is -2.34. The summed E-state index contributed by atoms with van der Waals surface area (Å²) in [5.74, 6) is 0.460. The third kappa shape index (κ3) is 4.89. The van der Waals surface area contributed by atoms with Crippen molar-refractivity contribution >= 4 is 11.9 Å². The predicted octanol–water partition coefficient (Wildman–Crippen LogP) is 1.48. The van der Waals surface area contributed by atoms with Crippen molar-refractivity contribution in [2.24, 2.45) is 0 Å². The molecule has 0 bridgehead atoms. The number of likely N-dealkylation sites (N-methyl/N-ethyl adjacent to an activating group) is 1. The fourth-order valence-electron chi connectivity index (χ4n) is 3.91. The molecule has 0 radical (unpaired) electrons. The molecule has 2 N–H and O–H groups in total. The zero-order chi connectivity index (χ0) is 20.2. The highest BCUT2D eigenvalue weighted by Gasteiger charge is 2.30. The summed E-state index contributed by atoms with van der Waals surface area (Å²) >= 11 is 0. The third-order valence-electron chi connectivity index (χ3n) is 5.64. The van der Waals surface area contributed by atoms with E-state index in [1.54, 1.807) is 12.3 Å². The van der Waals surface area contributed by atoms with Crippen molar-refractivity contribution in [2.45, 2.75) is 31.5 Å². The Balaban J connectivity index is 1.43. The highest BCUT2D eigenvalue weighted by Crippen LogP contribution is 2.25. The molecule has 2 saturated heterocycles. The van der Waals surface area contributed by atoms with Gasteiger partial charge in [-0.15, -0.1) is 0 Å². The van der Waals surface area contributed by atoms with Crippen molar-refractivity contribution < 1.29 is 9.18 Å². The highest BCUT2D eigenvalue weighted by molar-refractivity contribution is 5.77. The molecule has 2 aliphatic rings. The molecule has 2 aromatic rings. The second-order valence-corrected chi connectivity index (χ2v) is 7.76. The lowest BCUT2D eigenvalue weighted by molar-refractivity contribution is -0.123. The summed E-state index contributed by atoms with van der Waals surface area (Å²) in [6, 6.07) is 8.09. The van der Waals surface area contributed by atoms with Crippen LogP contribution in [0.4, 0.5) is 10.3 Å². The lowest BCUT2D eigenvalue weighted by Crippen LogP contribution is -2.48. The second kappa shape index (κ2) is 8.84. The van der Waals surface area contributed by atoms with Crippen molar-refractivity contribution in [3.63, 3.8) is 0 Å². The van der Waals surface area contributed by atoms with Crippen molar-refractivity contribution in [2.75, 3.05) is 38.1 Å². The van der Waals surface area contributed by atoms with Crippen LogP contribution in [0.25, 0.3) is 0 Å². The number of nitrogens with one attached hydrogen (secondary N) is 2. The molecule has 4 rings (SSSR count). The van der Waals surface area contributed by atoms with E-state index in [9.17, 15) is 9.18 Å². The van der Waals surface area contributed by atoms with Crippen LogP contribution >= 0.6 is 0 Å². The van der Waals surface area contributed by atoms with Crippen LogP contribution in [0.5, 0.6) is 0 Å². The number of anilines is 1. The monoisotopic (exact) mass is 398 g/mol. The topological polar surface area (TPSA) is 73.4 Å². The number of carbonyl (C=O) groups excluding carboxylic acids is 1. The first-order valence-corrected chi connectivity index (χ1v) is 10.1. The molecule has 3 heterocycles. The van der Waals surface area contributed by atoms with Gasteiger partial charge in [-0.1, -0.05) is 12.1 Å². The molecule has 2 fully saturated rings. The Morgan fingerprint density at radius 3 is 2.86 bits per heavy atom. The summed E-state index contributed by atoms with van der Waals surface area (Å²) in [6.07, 6.45) is 2.95. The van der Waals surface area contributed by atoms with Gasteiger partial charge in [0.15, 0.2) is 0 Å². The fourth-order valence-corrected chi connectivity index (χ4v) is 3.91.